The van der Waals surface area contributed by atoms with E-state index < -0.39 is 17.6 Å². The molecule has 0 aliphatic carbocycles. The second-order valence-corrected chi connectivity index (χ2v) is 5.66. The van der Waals surface area contributed by atoms with E-state index in [1.54, 1.807) is 12.1 Å². The van der Waals surface area contributed by atoms with Crippen LogP contribution in [-0.2, 0) is 6.18 Å². The van der Waals surface area contributed by atoms with E-state index in [4.69, 9.17) is 5.26 Å². The van der Waals surface area contributed by atoms with E-state index in [-0.39, 0.29) is 22.6 Å². The molecule has 146 valence electrons. The molecule has 0 aliphatic rings. The molecule has 0 saturated carbocycles. The Labute approximate surface area is 162 Å². The van der Waals surface area contributed by atoms with Crippen molar-refractivity contribution < 1.29 is 18.0 Å². The Bertz CT molecular complexity index is 1070. The largest absolute Gasteiger partial charge is 0.416 e. The van der Waals surface area contributed by atoms with Crippen molar-refractivity contribution in [1.29, 1.82) is 5.26 Å². The quantitative estimate of drug-likeness (QED) is 0.566. The zero-order valence-corrected chi connectivity index (χ0v) is 14.5. The number of hydrogen-bond acceptors (Lipinski definition) is 6. The van der Waals surface area contributed by atoms with Gasteiger partial charge in [0.1, 0.15) is 11.6 Å². The fourth-order valence-electron chi connectivity index (χ4n) is 2.27. The molecule has 3 N–H and O–H groups in total. The van der Waals surface area contributed by atoms with E-state index in [1.165, 1.54) is 30.5 Å². The summed E-state index contributed by atoms with van der Waals surface area (Å²) in [6, 6.07) is 12.4. The van der Waals surface area contributed by atoms with Gasteiger partial charge >= 0.3 is 6.18 Å². The molecule has 0 aliphatic heterocycles. The number of nitrogens with one attached hydrogen (secondary N) is 3. The average molecular weight is 399 g/mol. The third kappa shape index (κ3) is 4.95. The molecule has 0 atom stereocenters. The Hall–Kier alpha value is -4.20. The van der Waals surface area contributed by atoms with Crippen molar-refractivity contribution in [2.45, 2.75) is 6.18 Å². The van der Waals surface area contributed by atoms with Crippen LogP contribution in [0.1, 0.15) is 21.7 Å². The van der Waals surface area contributed by atoms with E-state index >= 15 is 0 Å². The van der Waals surface area contributed by atoms with Crippen LogP contribution in [0.5, 0.6) is 0 Å². The van der Waals surface area contributed by atoms with Crippen LogP contribution in [0.3, 0.4) is 0 Å². The lowest BCUT2D eigenvalue weighted by Gasteiger charge is -2.10. The summed E-state index contributed by atoms with van der Waals surface area (Å²) in [4.78, 5) is 12.3. The zero-order chi connectivity index (χ0) is 20.9. The van der Waals surface area contributed by atoms with Crippen molar-refractivity contribution in [3.8, 4) is 6.07 Å². The number of aromatic amines is 1. The number of halogens is 3. The van der Waals surface area contributed by atoms with Crippen LogP contribution in [0, 0.1) is 11.3 Å². The maximum absolute atomic E-state index is 12.8. The Morgan fingerprint density at radius 3 is 2.52 bits per heavy atom. The van der Waals surface area contributed by atoms with Gasteiger partial charge in [-0.1, -0.05) is 6.07 Å². The van der Waals surface area contributed by atoms with Gasteiger partial charge < -0.3 is 10.6 Å². The van der Waals surface area contributed by atoms with Crippen LogP contribution < -0.4 is 10.6 Å². The second kappa shape index (κ2) is 8.22. The fraction of sp³-hybridized carbons (Fsp3) is 0.0556. The summed E-state index contributed by atoms with van der Waals surface area (Å²) in [7, 11) is 0. The molecule has 0 radical (unpaired) electrons. The molecule has 8 nitrogen and oxygen atoms in total. The molecule has 0 unspecified atom stereocenters. The Balaban J connectivity index is 1.67. The first-order valence-electron chi connectivity index (χ1n) is 8.06. The van der Waals surface area contributed by atoms with Gasteiger partial charge in [-0.25, -0.2) is 0 Å². The van der Waals surface area contributed by atoms with Gasteiger partial charge in [0.05, 0.1) is 5.56 Å². The summed E-state index contributed by atoms with van der Waals surface area (Å²) < 4.78 is 38.3. The number of anilines is 2. The lowest BCUT2D eigenvalue weighted by atomic mass is 10.1. The van der Waals surface area contributed by atoms with E-state index in [0.29, 0.717) is 5.69 Å². The zero-order valence-electron chi connectivity index (χ0n) is 14.5. The highest BCUT2D eigenvalue weighted by molar-refractivity contribution is 6.04. The number of H-pyrrole nitrogens is 1. The topological polar surface area (TPSA) is 119 Å². The molecule has 1 aromatic heterocycles. The number of amides is 1. The molecule has 0 spiro atoms. The second-order valence-electron chi connectivity index (χ2n) is 5.66. The highest BCUT2D eigenvalue weighted by atomic mass is 19.4. The van der Waals surface area contributed by atoms with E-state index in [2.05, 4.69) is 31.3 Å². The first kappa shape index (κ1) is 19.6. The summed E-state index contributed by atoms with van der Waals surface area (Å²) in [5.74, 6) is -0.437. The monoisotopic (exact) mass is 399 g/mol. The highest BCUT2D eigenvalue weighted by Gasteiger charge is 2.30. The van der Waals surface area contributed by atoms with Gasteiger partial charge in [-0.15, -0.1) is 10.2 Å². The molecule has 1 amide bonds. The highest BCUT2D eigenvalue weighted by Crippen LogP contribution is 2.30. The molecule has 2 aromatic carbocycles. The van der Waals surface area contributed by atoms with Crippen LogP contribution in [0.2, 0.25) is 0 Å². The third-order valence-electron chi connectivity index (χ3n) is 3.68. The van der Waals surface area contributed by atoms with Gasteiger partial charge in [-0.3, -0.25) is 4.79 Å². The lowest BCUT2D eigenvalue weighted by Crippen LogP contribution is -2.13. The molecular weight excluding hydrogens is 387 g/mol. The van der Waals surface area contributed by atoms with Crippen molar-refractivity contribution in [3.63, 3.8) is 0 Å². The first-order valence-corrected chi connectivity index (χ1v) is 8.06. The minimum Gasteiger partial charge on any atom is -0.360 e. The molecular formula is C18H12F3N7O. The number of benzene rings is 2. The molecule has 11 heteroatoms. The van der Waals surface area contributed by atoms with Crippen LogP contribution in [0.15, 0.2) is 54.7 Å². The van der Waals surface area contributed by atoms with Crippen molar-refractivity contribution in [3.05, 3.63) is 71.7 Å². The van der Waals surface area contributed by atoms with Gasteiger partial charge in [0.25, 0.3) is 5.91 Å². The predicted octanol–water partition coefficient (Wildman–Crippen LogP) is 3.45. The van der Waals surface area contributed by atoms with Gasteiger partial charge in [0.2, 0.25) is 5.82 Å². The predicted molar refractivity (Wildman–Crippen MR) is 97.2 cm³/mol. The van der Waals surface area contributed by atoms with Crippen molar-refractivity contribution >= 4 is 22.9 Å². The number of tetrazole rings is 1. The maximum Gasteiger partial charge on any atom is 0.416 e. The molecule has 0 bridgehead atoms. The van der Waals surface area contributed by atoms with Crippen molar-refractivity contribution in [2.75, 3.05) is 10.6 Å². The van der Waals surface area contributed by atoms with Crippen LogP contribution in [0.4, 0.5) is 24.5 Å². The SMILES string of the molecule is N#CC(=CNc1ccc(C(=O)Nc2cccc(C(F)(F)F)c2)cc1)c1nn[nH]n1. The number of nitriles is 1. The summed E-state index contributed by atoms with van der Waals surface area (Å²) >= 11 is 0. The number of nitrogens with zero attached hydrogens (tertiary/aromatic N) is 4. The maximum atomic E-state index is 12.8. The Morgan fingerprint density at radius 2 is 1.90 bits per heavy atom. The van der Waals surface area contributed by atoms with Crippen LogP contribution in [-0.4, -0.2) is 26.5 Å². The van der Waals surface area contributed by atoms with Crippen LogP contribution in [0.25, 0.3) is 5.57 Å². The summed E-state index contributed by atoms with van der Waals surface area (Å²) in [5, 5.41) is 27.4. The normalized spacial score (nSPS) is 11.6. The standard InChI is InChI=1S/C18H12F3N7O/c19-18(20,21)13-2-1-3-15(8-13)24-17(29)11-4-6-14(7-5-11)23-10-12(9-22)16-25-27-28-26-16/h1-8,10,23H,(H,24,29)(H,25,26,27,28). The Kier molecular flexibility index (Phi) is 5.54. The summed E-state index contributed by atoms with van der Waals surface area (Å²) in [6.07, 6.45) is -3.12. The van der Waals surface area contributed by atoms with Crippen LogP contribution >= 0.6 is 0 Å². The number of rotatable bonds is 5. The third-order valence-corrected chi connectivity index (χ3v) is 3.68. The van der Waals surface area contributed by atoms with Gasteiger partial charge in [0.15, 0.2) is 0 Å². The van der Waals surface area contributed by atoms with E-state index in [0.717, 1.165) is 12.1 Å². The minimum atomic E-state index is -4.49. The molecule has 0 saturated heterocycles. The molecule has 1 heterocycles. The molecule has 3 aromatic rings. The summed E-state index contributed by atoms with van der Waals surface area (Å²) in [6.45, 7) is 0. The molecule has 29 heavy (non-hydrogen) atoms. The van der Waals surface area contributed by atoms with E-state index in [1.807, 2.05) is 6.07 Å². The van der Waals surface area contributed by atoms with Crippen molar-refractivity contribution in [2.24, 2.45) is 0 Å². The number of allylic oxidation sites excluding steroid dienone is 1. The number of aromatic nitrogens is 4. The number of carbonyl (C=O) groups excluding carboxylic acids is 1. The Morgan fingerprint density at radius 1 is 1.14 bits per heavy atom. The average Bonchev–Trinajstić information content (AvgIpc) is 3.23. The van der Waals surface area contributed by atoms with Gasteiger partial charge in [0, 0.05) is 23.1 Å². The number of hydrogen-bond donors (Lipinski definition) is 3. The number of carbonyl (C=O) groups is 1. The molecule has 0 fully saturated rings. The smallest absolute Gasteiger partial charge is 0.360 e. The summed E-state index contributed by atoms with van der Waals surface area (Å²) in [5.41, 5.74) is 0.142. The fourth-order valence-corrected chi connectivity index (χ4v) is 2.27. The van der Waals surface area contributed by atoms with Gasteiger partial charge in [-0.05, 0) is 47.7 Å². The minimum absolute atomic E-state index is 0.0359. The van der Waals surface area contributed by atoms with Crippen molar-refractivity contribution in [1.82, 2.24) is 20.6 Å². The number of alkyl halides is 3. The first-order chi connectivity index (χ1) is 13.9. The van der Waals surface area contributed by atoms with E-state index in [9.17, 15) is 18.0 Å². The molecule has 3 rings (SSSR count). The van der Waals surface area contributed by atoms with Gasteiger partial charge in [-0.2, -0.15) is 23.6 Å². The lowest BCUT2D eigenvalue weighted by molar-refractivity contribution is -0.137.